The smallest absolute Gasteiger partial charge is 0.219 e. The molecule has 0 atom stereocenters. The number of nitrogens with zero attached hydrogens (tertiary/aromatic N) is 3. The van der Waals surface area contributed by atoms with Crippen LogP contribution in [0.4, 0.5) is 0 Å². The molecule has 0 fully saturated rings. The minimum Gasteiger partial charge on any atom is -0.337 e. The highest BCUT2D eigenvalue weighted by Crippen LogP contribution is 2.27. The first kappa shape index (κ1) is 13.0. The summed E-state index contributed by atoms with van der Waals surface area (Å²) >= 11 is 0. The Bertz CT molecular complexity index is 868. The first-order valence-electron chi connectivity index (χ1n) is 7.40. The largest absolute Gasteiger partial charge is 0.337 e. The number of carbonyl (C=O) groups excluding carboxylic acids is 1. The molecule has 1 aliphatic rings. The van der Waals surface area contributed by atoms with Crippen LogP contribution in [0.15, 0.2) is 36.4 Å². The molecule has 0 saturated carbocycles. The average Bonchev–Trinajstić information content (AvgIpc) is 2.97. The molecule has 3 heterocycles. The van der Waals surface area contributed by atoms with Gasteiger partial charge in [0.1, 0.15) is 5.69 Å². The highest BCUT2D eigenvalue weighted by Gasteiger charge is 2.20. The third kappa shape index (κ3) is 2.06. The van der Waals surface area contributed by atoms with Crippen LogP contribution in [0, 0.1) is 0 Å². The number of fused-ring (bicyclic) bond motifs is 2. The van der Waals surface area contributed by atoms with E-state index in [9.17, 15) is 4.79 Å². The number of rotatable bonds is 1. The van der Waals surface area contributed by atoms with Gasteiger partial charge in [-0.3, -0.25) is 9.89 Å². The molecule has 1 aromatic carbocycles. The van der Waals surface area contributed by atoms with E-state index in [-0.39, 0.29) is 5.91 Å². The van der Waals surface area contributed by atoms with Gasteiger partial charge in [0.25, 0.3) is 0 Å². The maximum absolute atomic E-state index is 11.6. The van der Waals surface area contributed by atoms with Gasteiger partial charge in [-0.15, -0.1) is 0 Å². The summed E-state index contributed by atoms with van der Waals surface area (Å²) in [6.45, 7) is 2.96. The number of aromatic amines is 1. The lowest BCUT2D eigenvalue weighted by Gasteiger charge is -2.27. The number of para-hydroxylation sites is 1. The number of hydrogen-bond donors (Lipinski definition) is 1. The molecule has 4 rings (SSSR count). The van der Waals surface area contributed by atoms with Crippen molar-refractivity contribution in [1.29, 1.82) is 0 Å². The van der Waals surface area contributed by atoms with Gasteiger partial charge in [0, 0.05) is 18.9 Å². The number of hydrogen-bond acceptors (Lipinski definition) is 3. The monoisotopic (exact) mass is 292 g/mol. The Hall–Kier alpha value is -2.69. The van der Waals surface area contributed by atoms with Gasteiger partial charge < -0.3 is 4.90 Å². The van der Waals surface area contributed by atoms with Crippen molar-refractivity contribution < 1.29 is 4.79 Å². The highest BCUT2D eigenvalue weighted by atomic mass is 16.2. The van der Waals surface area contributed by atoms with Crippen molar-refractivity contribution in [1.82, 2.24) is 20.1 Å². The second-order valence-corrected chi connectivity index (χ2v) is 5.61. The van der Waals surface area contributed by atoms with Gasteiger partial charge in [-0.2, -0.15) is 5.10 Å². The summed E-state index contributed by atoms with van der Waals surface area (Å²) in [6.07, 6.45) is 0.865. The van der Waals surface area contributed by atoms with Crippen molar-refractivity contribution in [2.45, 2.75) is 19.9 Å². The van der Waals surface area contributed by atoms with Crippen LogP contribution in [0.25, 0.3) is 22.3 Å². The first-order chi connectivity index (χ1) is 10.7. The van der Waals surface area contributed by atoms with E-state index in [2.05, 4.69) is 16.3 Å². The third-order valence-corrected chi connectivity index (χ3v) is 4.22. The molecule has 0 saturated heterocycles. The fraction of sp³-hybridized carbons (Fsp3) is 0.235. The van der Waals surface area contributed by atoms with E-state index in [1.165, 1.54) is 5.56 Å². The Kier molecular flexibility index (Phi) is 2.92. The van der Waals surface area contributed by atoms with Gasteiger partial charge in [-0.05, 0) is 24.1 Å². The predicted molar refractivity (Wildman–Crippen MR) is 84.1 cm³/mol. The van der Waals surface area contributed by atoms with Crippen LogP contribution in [0.3, 0.4) is 0 Å². The van der Waals surface area contributed by atoms with E-state index < -0.39 is 0 Å². The number of H-pyrrole nitrogens is 1. The lowest BCUT2D eigenvalue weighted by Crippen LogP contribution is -2.34. The van der Waals surface area contributed by atoms with Crippen LogP contribution in [-0.4, -0.2) is 32.5 Å². The molecule has 5 heteroatoms. The molecule has 5 nitrogen and oxygen atoms in total. The molecular formula is C17H16N4O. The molecular weight excluding hydrogens is 276 g/mol. The van der Waals surface area contributed by atoms with Crippen molar-refractivity contribution in [3.8, 4) is 11.4 Å². The Morgan fingerprint density at radius 2 is 2.09 bits per heavy atom. The topological polar surface area (TPSA) is 61.9 Å². The van der Waals surface area contributed by atoms with Crippen LogP contribution >= 0.6 is 0 Å². The summed E-state index contributed by atoms with van der Waals surface area (Å²) in [4.78, 5) is 18.2. The van der Waals surface area contributed by atoms with Crippen molar-refractivity contribution in [2.75, 3.05) is 6.54 Å². The van der Waals surface area contributed by atoms with Crippen molar-refractivity contribution >= 4 is 16.8 Å². The summed E-state index contributed by atoms with van der Waals surface area (Å²) < 4.78 is 0. The Labute approximate surface area is 128 Å². The minimum atomic E-state index is 0.100. The second-order valence-electron chi connectivity index (χ2n) is 5.61. The second kappa shape index (κ2) is 4.94. The van der Waals surface area contributed by atoms with E-state index in [0.717, 1.165) is 41.0 Å². The molecule has 1 aliphatic heterocycles. The molecule has 0 radical (unpaired) electrons. The molecule has 2 aromatic heterocycles. The highest BCUT2D eigenvalue weighted by molar-refractivity contribution is 5.91. The van der Waals surface area contributed by atoms with Crippen LogP contribution < -0.4 is 0 Å². The van der Waals surface area contributed by atoms with Gasteiger partial charge in [0.05, 0.1) is 23.4 Å². The van der Waals surface area contributed by atoms with Crippen molar-refractivity contribution in [3.05, 3.63) is 47.7 Å². The number of aromatic nitrogens is 3. The zero-order chi connectivity index (χ0) is 15.1. The van der Waals surface area contributed by atoms with E-state index in [1.807, 2.05) is 35.2 Å². The lowest BCUT2D eigenvalue weighted by molar-refractivity contribution is -0.129. The number of pyridine rings is 1. The van der Waals surface area contributed by atoms with E-state index in [1.54, 1.807) is 6.92 Å². The Morgan fingerprint density at radius 3 is 2.95 bits per heavy atom. The zero-order valence-corrected chi connectivity index (χ0v) is 12.3. The van der Waals surface area contributed by atoms with Crippen LogP contribution in [0.5, 0.6) is 0 Å². The van der Waals surface area contributed by atoms with Crippen LogP contribution in [0.2, 0.25) is 0 Å². The molecule has 3 aromatic rings. The van der Waals surface area contributed by atoms with E-state index in [0.29, 0.717) is 6.54 Å². The van der Waals surface area contributed by atoms with Gasteiger partial charge in [0.15, 0.2) is 0 Å². The number of benzene rings is 1. The fourth-order valence-electron chi connectivity index (χ4n) is 2.97. The van der Waals surface area contributed by atoms with Crippen molar-refractivity contribution in [3.63, 3.8) is 0 Å². The molecule has 0 unspecified atom stereocenters. The van der Waals surface area contributed by atoms with Gasteiger partial charge >= 0.3 is 0 Å². The molecule has 110 valence electrons. The summed E-state index contributed by atoms with van der Waals surface area (Å²) in [7, 11) is 0. The molecule has 1 amide bonds. The van der Waals surface area contributed by atoms with Crippen LogP contribution in [-0.2, 0) is 17.8 Å². The average molecular weight is 292 g/mol. The normalized spacial score (nSPS) is 14.1. The summed E-state index contributed by atoms with van der Waals surface area (Å²) in [5, 5.41) is 8.50. The molecule has 1 N–H and O–H groups in total. The SMILES string of the molecule is CC(=O)N1CCc2ccc(-c3n[nH]c4ccccc34)nc2C1. The minimum absolute atomic E-state index is 0.100. The molecule has 0 bridgehead atoms. The first-order valence-corrected chi connectivity index (χ1v) is 7.40. The third-order valence-electron chi connectivity index (χ3n) is 4.22. The standard InChI is InChI=1S/C17H16N4O/c1-11(22)21-9-8-12-6-7-15(18-16(12)10-21)17-13-4-2-3-5-14(13)19-20-17/h2-7H,8-10H2,1H3,(H,19,20). The zero-order valence-electron chi connectivity index (χ0n) is 12.3. The molecule has 0 spiro atoms. The number of carbonyl (C=O) groups is 1. The summed E-state index contributed by atoms with van der Waals surface area (Å²) in [5.41, 5.74) is 4.91. The predicted octanol–water partition coefficient (Wildman–Crippen LogP) is 2.53. The van der Waals surface area contributed by atoms with Crippen molar-refractivity contribution in [2.24, 2.45) is 0 Å². The maximum atomic E-state index is 11.6. The maximum Gasteiger partial charge on any atom is 0.219 e. The van der Waals surface area contributed by atoms with Crippen LogP contribution in [0.1, 0.15) is 18.2 Å². The quantitative estimate of drug-likeness (QED) is 0.749. The van der Waals surface area contributed by atoms with Gasteiger partial charge in [-0.25, -0.2) is 4.98 Å². The van der Waals surface area contributed by atoms with Gasteiger partial charge in [-0.1, -0.05) is 24.3 Å². The summed E-state index contributed by atoms with van der Waals surface area (Å²) in [6, 6.07) is 12.1. The number of nitrogens with one attached hydrogen (secondary N) is 1. The Balaban J connectivity index is 1.78. The molecule has 22 heavy (non-hydrogen) atoms. The van der Waals surface area contributed by atoms with E-state index in [4.69, 9.17) is 4.98 Å². The molecule has 0 aliphatic carbocycles. The number of amides is 1. The lowest BCUT2D eigenvalue weighted by atomic mass is 10.0. The summed E-state index contributed by atoms with van der Waals surface area (Å²) in [5.74, 6) is 0.100. The Morgan fingerprint density at radius 1 is 1.23 bits per heavy atom. The van der Waals surface area contributed by atoms with Gasteiger partial charge in [0.2, 0.25) is 5.91 Å². The van der Waals surface area contributed by atoms with E-state index >= 15 is 0 Å². The fourth-order valence-corrected chi connectivity index (χ4v) is 2.97.